The van der Waals surface area contributed by atoms with Crippen LogP contribution in [0.15, 0.2) is 0 Å². The van der Waals surface area contributed by atoms with Crippen molar-refractivity contribution in [2.75, 3.05) is 47.3 Å². The summed E-state index contributed by atoms with van der Waals surface area (Å²) in [6.45, 7) is 3.30. The fourth-order valence-corrected chi connectivity index (χ4v) is 0.922. The van der Waals surface area contributed by atoms with Crippen LogP contribution in [0.2, 0.25) is 0 Å². The van der Waals surface area contributed by atoms with Gasteiger partial charge in [-0.25, -0.2) is 0 Å². The maximum Gasteiger partial charge on any atom is 0.0363 e. The summed E-state index contributed by atoms with van der Waals surface area (Å²) in [6, 6.07) is 0. The third-order valence-electron chi connectivity index (χ3n) is 1.64. The van der Waals surface area contributed by atoms with Crippen molar-refractivity contribution >= 4 is 0 Å². The van der Waals surface area contributed by atoms with Crippen LogP contribution in [-0.4, -0.2) is 62.5 Å². The largest absolute Gasteiger partial charge is 0.318 e. The molecular formula is C8H21N3O. The molecule has 4 heteroatoms. The van der Waals surface area contributed by atoms with Crippen molar-refractivity contribution in [3.63, 3.8) is 0 Å². The molecule has 0 saturated heterocycles. The lowest BCUT2D eigenvalue weighted by Gasteiger charge is -2.15. The van der Waals surface area contributed by atoms with Crippen LogP contribution in [0.4, 0.5) is 0 Å². The SMILES string of the molecule is CNCCN(O)CCCN(C)C. The van der Waals surface area contributed by atoms with Crippen LogP contribution in [0.1, 0.15) is 6.42 Å². The molecule has 0 heterocycles. The van der Waals surface area contributed by atoms with Crippen LogP contribution in [0, 0.1) is 0 Å². The number of likely N-dealkylation sites (N-methyl/N-ethyl adjacent to an activating group) is 1. The normalized spacial score (nSPS) is 11.5. The van der Waals surface area contributed by atoms with Crippen LogP contribution in [0.25, 0.3) is 0 Å². The molecule has 2 N–H and O–H groups in total. The number of hydrogen-bond donors (Lipinski definition) is 2. The molecule has 0 fully saturated rings. The van der Waals surface area contributed by atoms with Gasteiger partial charge in [-0.1, -0.05) is 0 Å². The van der Waals surface area contributed by atoms with Gasteiger partial charge < -0.3 is 15.4 Å². The fourth-order valence-electron chi connectivity index (χ4n) is 0.922. The Hall–Kier alpha value is -0.160. The molecule has 0 aromatic rings. The summed E-state index contributed by atoms with van der Waals surface area (Å²) in [4.78, 5) is 2.12. The predicted octanol–water partition coefficient (Wildman–Crippen LogP) is -0.151. The number of hydroxylamine groups is 2. The predicted molar refractivity (Wildman–Crippen MR) is 50.5 cm³/mol. The summed E-state index contributed by atoms with van der Waals surface area (Å²) in [5.74, 6) is 0. The Kier molecular flexibility index (Phi) is 7.39. The molecule has 0 bridgehead atoms. The van der Waals surface area contributed by atoms with E-state index in [0.717, 1.165) is 26.1 Å². The van der Waals surface area contributed by atoms with E-state index in [1.807, 2.05) is 21.1 Å². The highest BCUT2D eigenvalue weighted by Crippen LogP contribution is 1.87. The first-order valence-corrected chi connectivity index (χ1v) is 4.40. The van der Waals surface area contributed by atoms with Crippen molar-refractivity contribution in [3.8, 4) is 0 Å². The second-order valence-electron chi connectivity index (χ2n) is 3.21. The summed E-state index contributed by atoms with van der Waals surface area (Å²) >= 11 is 0. The summed E-state index contributed by atoms with van der Waals surface area (Å²) in [6.07, 6.45) is 1.01. The molecule has 0 spiro atoms. The summed E-state index contributed by atoms with van der Waals surface area (Å²) in [5.41, 5.74) is 0. The van der Waals surface area contributed by atoms with Gasteiger partial charge in [-0.3, -0.25) is 0 Å². The van der Waals surface area contributed by atoms with Crippen LogP contribution in [-0.2, 0) is 0 Å². The Morgan fingerprint density at radius 2 is 1.83 bits per heavy atom. The lowest BCUT2D eigenvalue weighted by atomic mass is 10.4. The summed E-state index contributed by atoms with van der Waals surface area (Å²) in [5, 5.41) is 13.6. The van der Waals surface area contributed by atoms with Crippen molar-refractivity contribution in [1.82, 2.24) is 15.3 Å². The number of nitrogens with one attached hydrogen (secondary N) is 1. The average molecular weight is 175 g/mol. The zero-order valence-electron chi connectivity index (χ0n) is 8.38. The van der Waals surface area contributed by atoms with Gasteiger partial charge >= 0.3 is 0 Å². The van der Waals surface area contributed by atoms with E-state index in [1.54, 1.807) is 0 Å². The molecule has 0 aliphatic rings. The van der Waals surface area contributed by atoms with Gasteiger partial charge in [-0.2, -0.15) is 5.06 Å². The molecular weight excluding hydrogens is 154 g/mol. The number of nitrogens with zero attached hydrogens (tertiary/aromatic N) is 2. The minimum absolute atomic E-state index is 0.698. The zero-order valence-corrected chi connectivity index (χ0v) is 8.38. The lowest BCUT2D eigenvalue weighted by Crippen LogP contribution is -2.30. The van der Waals surface area contributed by atoms with Gasteiger partial charge in [0.2, 0.25) is 0 Å². The van der Waals surface area contributed by atoms with E-state index in [1.165, 1.54) is 5.06 Å². The molecule has 0 aliphatic heterocycles. The number of hydrogen-bond acceptors (Lipinski definition) is 4. The topological polar surface area (TPSA) is 38.7 Å². The van der Waals surface area contributed by atoms with E-state index in [0.29, 0.717) is 6.54 Å². The van der Waals surface area contributed by atoms with Crippen LogP contribution >= 0.6 is 0 Å². The Balaban J connectivity index is 3.13. The first kappa shape index (κ1) is 11.8. The van der Waals surface area contributed by atoms with E-state index < -0.39 is 0 Å². The van der Waals surface area contributed by atoms with Gasteiger partial charge in [0.05, 0.1) is 0 Å². The van der Waals surface area contributed by atoms with Crippen molar-refractivity contribution in [1.29, 1.82) is 0 Å². The minimum atomic E-state index is 0.698. The second kappa shape index (κ2) is 7.49. The Bertz CT molecular complexity index is 98.3. The molecule has 0 aromatic carbocycles. The summed E-state index contributed by atoms with van der Waals surface area (Å²) in [7, 11) is 5.96. The maximum absolute atomic E-state index is 9.27. The van der Waals surface area contributed by atoms with Crippen molar-refractivity contribution in [2.45, 2.75) is 6.42 Å². The van der Waals surface area contributed by atoms with E-state index >= 15 is 0 Å². The molecule has 0 unspecified atom stereocenters. The maximum atomic E-state index is 9.27. The molecule has 0 atom stereocenters. The molecule has 0 aliphatic carbocycles. The van der Waals surface area contributed by atoms with Crippen LogP contribution < -0.4 is 5.32 Å². The molecule has 0 rings (SSSR count). The standard InChI is InChI=1S/C8H21N3O/c1-9-5-8-11(12)7-4-6-10(2)3/h9,12H,4-8H2,1-3H3. The van der Waals surface area contributed by atoms with Gasteiger partial charge in [0.25, 0.3) is 0 Å². The molecule has 0 aromatic heterocycles. The smallest absolute Gasteiger partial charge is 0.0363 e. The Morgan fingerprint density at radius 1 is 1.17 bits per heavy atom. The summed E-state index contributed by atoms with van der Waals surface area (Å²) < 4.78 is 0. The van der Waals surface area contributed by atoms with Crippen LogP contribution in [0.3, 0.4) is 0 Å². The quantitative estimate of drug-likeness (QED) is 0.528. The monoisotopic (exact) mass is 175 g/mol. The van der Waals surface area contributed by atoms with Gasteiger partial charge in [0, 0.05) is 19.6 Å². The van der Waals surface area contributed by atoms with Gasteiger partial charge in [-0.15, -0.1) is 0 Å². The third-order valence-corrected chi connectivity index (χ3v) is 1.64. The van der Waals surface area contributed by atoms with Crippen molar-refractivity contribution in [2.24, 2.45) is 0 Å². The van der Waals surface area contributed by atoms with Crippen molar-refractivity contribution < 1.29 is 5.21 Å². The molecule has 12 heavy (non-hydrogen) atoms. The van der Waals surface area contributed by atoms with Crippen molar-refractivity contribution in [3.05, 3.63) is 0 Å². The van der Waals surface area contributed by atoms with E-state index in [4.69, 9.17) is 0 Å². The highest BCUT2D eigenvalue weighted by molar-refractivity contribution is 4.50. The van der Waals surface area contributed by atoms with E-state index in [2.05, 4.69) is 10.2 Å². The lowest BCUT2D eigenvalue weighted by molar-refractivity contribution is -0.0901. The van der Waals surface area contributed by atoms with E-state index in [-0.39, 0.29) is 0 Å². The average Bonchev–Trinajstić information content (AvgIpc) is 2.00. The highest BCUT2D eigenvalue weighted by atomic mass is 16.5. The first-order valence-electron chi connectivity index (χ1n) is 4.40. The molecule has 0 radical (unpaired) electrons. The first-order chi connectivity index (χ1) is 5.66. The Morgan fingerprint density at radius 3 is 2.33 bits per heavy atom. The second-order valence-corrected chi connectivity index (χ2v) is 3.21. The highest BCUT2D eigenvalue weighted by Gasteiger charge is 1.98. The molecule has 0 saturated carbocycles. The van der Waals surface area contributed by atoms with Crippen LogP contribution in [0.5, 0.6) is 0 Å². The third kappa shape index (κ3) is 7.94. The molecule has 0 amide bonds. The molecule has 4 nitrogen and oxygen atoms in total. The Labute approximate surface area is 75.1 Å². The zero-order chi connectivity index (χ0) is 9.40. The van der Waals surface area contributed by atoms with Gasteiger partial charge in [-0.05, 0) is 34.1 Å². The van der Waals surface area contributed by atoms with Gasteiger partial charge in [0.15, 0.2) is 0 Å². The number of rotatable bonds is 7. The molecule has 74 valence electrons. The van der Waals surface area contributed by atoms with E-state index in [9.17, 15) is 5.21 Å². The van der Waals surface area contributed by atoms with Gasteiger partial charge in [0.1, 0.15) is 0 Å². The minimum Gasteiger partial charge on any atom is -0.318 e. The fraction of sp³-hybridized carbons (Fsp3) is 1.00.